The van der Waals surface area contributed by atoms with Gasteiger partial charge in [-0.2, -0.15) is 12.6 Å². The van der Waals surface area contributed by atoms with Crippen LogP contribution in [0.3, 0.4) is 0 Å². The van der Waals surface area contributed by atoms with Crippen molar-refractivity contribution in [1.29, 1.82) is 0 Å². The summed E-state index contributed by atoms with van der Waals surface area (Å²) in [6, 6.07) is -4.01. The van der Waals surface area contributed by atoms with Gasteiger partial charge in [0.05, 0.1) is 12.4 Å². The largest absolute Gasteiger partial charge is 0.480 e. The molecule has 0 aliphatic rings. The first-order valence-corrected chi connectivity index (χ1v) is 10.2. The molecule has 0 spiro atoms. The lowest BCUT2D eigenvalue weighted by Gasteiger charge is -2.23. The second-order valence-corrected chi connectivity index (χ2v) is 7.76. The van der Waals surface area contributed by atoms with Crippen LogP contribution in [0.2, 0.25) is 0 Å². The van der Waals surface area contributed by atoms with Gasteiger partial charge in [0, 0.05) is 24.1 Å². The van der Waals surface area contributed by atoms with Crippen LogP contribution in [0.1, 0.15) is 32.9 Å². The molecular formula is C18H30N6O5S. The normalized spacial score (nSPS) is 15.0. The summed E-state index contributed by atoms with van der Waals surface area (Å²) >= 11 is 3.97. The van der Waals surface area contributed by atoms with E-state index in [1.807, 2.05) is 13.8 Å². The Hall–Kier alpha value is -2.60. The lowest BCUT2D eigenvalue weighted by Crippen LogP contribution is -2.57. The second kappa shape index (κ2) is 12.2. The maximum absolute atomic E-state index is 12.7. The van der Waals surface area contributed by atoms with Gasteiger partial charge in [0.1, 0.15) is 18.1 Å². The Morgan fingerprint density at radius 2 is 1.73 bits per heavy atom. The van der Waals surface area contributed by atoms with Crippen LogP contribution in [0.5, 0.6) is 0 Å². The Labute approximate surface area is 180 Å². The zero-order chi connectivity index (χ0) is 22.8. The zero-order valence-corrected chi connectivity index (χ0v) is 18.1. The summed E-state index contributed by atoms with van der Waals surface area (Å²) in [7, 11) is 0. The fourth-order valence-corrected chi connectivity index (χ4v) is 2.72. The van der Waals surface area contributed by atoms with E-state index in [1.165, 1.54) is 19.4 Å². The number of nitrogens with zero attached hydrogens (tertiary/aromatic N) is 1. The summed E-state index contributed by atoms with van der Waals surface area (Å²) in [6.45, 7) is 5.10. The van der Waals surface area contributed by atoms with Crippen molar-refractivity contribution in [3.63, 3.8) is 0 Å². The van der Waals surface area contributed by atoms with Gasteiger partial charge in [-0.15, -0.1) is 0 Å². The van der Waals surface area contributed by atoms with E-state index < -0.39 is 47.9 Å². The van der Waals surface area contributed by atoms with E-state index >= 15 is 0 Å². The van der Waals surface area contributed by atoms with E-state index in [2.05, 4.69) is 38.5 Å². The third kappa shape index (κ3) is 8.41. The van der Waals surface area contributed by atoms with Crippen molar-refractivity contribution in [2.75, 3.05) is 5.75 Å². The van der Waals surface area contributed by atoms with Crippen molar-refractivity contribution in [3.8, 4) is 0 Å². The number of thiol groups is 1. The van der Waals surface area contributed by atoms with Crippen LogP contribution in [0.4, 0.5) is 0 Å². The molecule has 4 atom stereocenters. The van der Waals surface area contributed by atoms with Crippen molar-refractivity contribution in [2.45, 2.75) is 57.8 Å². The van der Waals surface area contributed by atoms with Crippen molar-refractivity contribution in [3.05, 3.63) is 18.2 Å². The van der Waals surface area contributed by atoms with Crippen molar-refractivity contribution in [1.82, 2.24) is 25.9 Å². The molecule has 12 heteroatoms. The van der Waals surface area contributed by atoms with Gasteiger partial charge in [-0.3, -0.25) is 14.4 Å². The molecule has 1 rings (SSSR count). The zero-order valence-electron chi connectivity index (χ0n) is 17.2. The van der Waals surface area contributed by atoms with Crippen LogP contribution in [-0.2, 0) is 25.6 Å². The fourth-order valence-electron chi connectivity index (χ4n) is 2.56. The molecule has 0 radical (unpaired) electrons. The summed E-state index contributed by atoms with van der Waals surface area (Å²) in [5, 5.41) is 16.7. The van der Waals surface area contributed by atoms with E-state index in [-0.39, 0.29) is 24.5 Å². The third-order valence-electron chi connectivity index (χ3n) is 4.22. The molecule has 4 unspecified atom stereocenters. The molecule has 1 aromatic heterocycles. The van der Waals surface area contributed by atoms with Crippen molar-refractivity contribution < 1.29 is 24.3 Å². The predicted octanol–water partition coefficient (Wildman–Crippen LogP) is -1.19. The van der Waals surface area contributed by atoms with Crippen LogP contribution in [-0.4, -0.2) is 68.7 Å². The number of hydrogen-bond acceptors (Lipinski definition) is 7. The summed E-state index contributed by atoms with van der Waals surface area (Å²) in [5.41, 5.74) is 6.24. The number of nitrogens with one attached hydrogen (secondary N) is 4. The quantitative estimate of drug-likeness (QED) is 0.199. The number of aliphatic carboxylic acids is 1. The third-order valence-corrected chi connectivity index (χ3v) is 4.61. The Balaban J connectivity index is 2.81. The number of H-pyrrole nitrogens is 1. The van der Waals surface area contributed by atoms with Crippen molar-refractivity contribution >= 4 is 36.3 Å². The number of imidazole rings is 1. The number of aromatic amines is 1. The average Bonchev–Trinajstić information content (AvgIpc) is 3.18. The maximum Gasteiger partial charge on any atom is 0.326 e. The molecule has 0 bridgehead atoms. The van der Waals surface area contributed by atoms with Gasteiger partial charge in [0.15, 0.2) is 0 Å². The highest BCUT2D eigenvalue weighted by atomic mass is 32.1. The van der Waals surface area contributed by atoms with E-state index in [9.17, 15) is 24.3 Å². The topological polar surface area (TPSA) is 179 Å². The first kappa shape index (κ1) is 25.4. The standard InChI is InChI=1S/C18H30N6O5S/c1-9(2)4-14(18(28)29)24-15(25)10(3)22-17(27)13(5-11-6-20-8-21-11)23-16(26)12(19)7-30/h6,8-10,12-14,30H,4-5,7,19H2,1-3H3,(H,20,21)(H,22,27)(H,23,26)(H,24,25)(H,28,29). The average molecular weight is 443 g/mol. The number of amides is 3. The molecule has 0 aromatic carbocycles. The highest BCUT2D eigenvalue weighted by molar-refractivity contribution is 7.80. The Morgan fingerprint density at radius 3 is 2.23 bits per heavy atom. The Morgan fingerprint density at radius 1 is 1.10 bits per heavy atom. The molecule has 7 N–H and O–H groups in total. The van der Waals surface area contributed by atoms with Gasteiger partial charge < -0.3 is 31.8 Å². The molecule has 0 fully saturated rings. The minimum atomic E-state index is -1.15. The summed E-state index contributed by atoms with van der Waals surface area (Å²) in [4.78, 5) is 55.3. The van der Waals surface area contributed by atoms with Gasteiger partial charge >= 0.3 is 5.97 Å². The molecule has 168 valence electrons. The number of carboxylic acid groups (broad SMARTS) is 1. The predicted molar refractivity (Wildman–Crippen MR) is 113 cm³/mol. The molecule has 1 heterocycles. The molecule has 11 nitrogen and oxygen atoms in total. The SMILES string of the molecule is CC(C)CC(NC(=O)C(C)NC(=O)C(Cc1cnc[nH]1)NC(=O)C(N)CS)C(=O)O. The summed E-state index contributed by atoms with van der Waals surface area (Å²) < 4.78 is 0. The minimum Gasteiger partial charge on any atom is -0.480 e. The van der Waals surface area contributed by atoms with Gasteiger partial charge in [0.25, 0.3) is 0 Å². The maximum atomic E-state index is 12.7. The molecule has 0 saturated carbocycles. The molecule has 1 aromatic rings. The monoisotopic (exact) mass is 442 g/mol. The molecule has 0 saturated heterocycles. The number of aromatic nitrogens is 2. The highest BCUT2D eigenvalue weighted by Crippen LogP contribution is 2.06. The van der Waals surface area contributed by atoms with Gasteiger partial charge in [0.2, 0.25) is 17.7 Å². The van der Waals surface area contributed by atoms with Crippen LogP contribution in [0.15, 0.2) is 12.5 Å². The second-order valence-electron chi connectivity index (χ2n) is 7.39. The molecule has 30 heavy (non-hydrogen) atoms. The number of hydrogen-bond donors (Lipinski definition) is 7. The van der Waals surface area contributed by atoms with E-state index in [1.54, 1.807) is 0 Å². The lowest BCUT2D eigenvalue weighted by atomic mass is 10.0. The Kier molecular flexibility index (Phi) is 10.3. The van der Waals surface area contributed by atoms with Gasteiger partial charge in [-0.05, 0) is 19.3 Å². The van der Waals surface area contributed by atoms with Crippen LogP contribution >= 0.6 is 12.6 Å². The van der Waals surface area contributed by atoms with Crippen LogP contribution in [0, 0.1) is 5.92 Å². The number of rotatable bonds is 12. The van der Waals surface area contributed by atoms with Crippen molar-refractivity contribution in [2.24, 2.45) is 11.7 Å². The molecule has 0 aliphatic carbocycles. The first-order valence-electron chi connectivity index (χ1n) is 9.52. The first-order chi connectivity index (χ1) is 14.0. The number of carbonyl (C=O) groups excluding carboxylic acids is 3. The van der Waals surface area contributed by atoms with Crippen LogP contribution in [0.25, 0.3) is 0 Å². The van der Waals surface area contributed by atoms with Gasteiger partial charge in [-0.1, -0.05) is 13.8 Å². The molecular weight excluding hydrogens is 412 g/mol. The Bertz CT molecular complexity index is 727. The summed E-state index contributed by atoms with van der Waals surface area (Å²) in [5.74, 6) is -2.83. The molecule has 0 aliphatic heterocycles. The fraction of sp³-hybridized carbons (Fsp3) is 0.611. The highest BCUT2D eigenvalue weighted by Gasteiger charge is 2.28. The smallest absolute Gasteiger partial charge is 0.326 e. The minimum absolute atomic E-state index is 0.0568. The number of nitrogens with two attached hydrogens (primary N) is 1. The number of carbonyl (C=O) groups is 4. The number of carboxylic acids is 1. The molecule has 3 amide bonds. The summed E-state index contributed by atoms with van der Waals surface area (Å²) in [6.07, 6.45) is 3.28. The van der Waals surface area contributed by atoms with Crippen LogP contribution < -0.4 is 21.7 Å². The van der Waals surface area contributed by atoms with E-state index in [0.29, 0.717) is 5.69 Å². The van der Waals surface area contributed by atoms with Gasteiger partial charge in [-0.25, -0.2) is 9.78 Å². The lowest BCUT2D eigenvalue weighted by molar-refractivity contribution is -0.142. The van der Waals surface area contributed by atoms with E-state index in [0.717, 1.165) is 0 Å². The van der Waals surface area contributed by atoms with E-state index in [4.69, 9.17) is 5.73 Å².